The lowest BCUT2D eigenvalue weighted by molar-refractivity contribution is -0.144. The fraction of sp³-hybridized carbons (Fsp3) is 0.233. The Morgan fingerprint density at radius 2 is 1.68 bits per heavy atom. The molecule has 0 bridgehead atoms. The number of carbonyl (C=O) groups excluding carboxylic acids is 2. The lowest BCUT2D eigenvalue weighted by atomic mass is 10.0. The molecule has 0 radical (unpaired) electrons. The molecule has 0 unspecified atom stereocenters. The van der Waals surface area contributed by atoms with Crippen molar-refractivity contribution in [1.29, 1.82) is 0 Å². The van der Waals surface area contributed by atoms with E-state index in [1.165, 1.54) is 48.3 Å². The van der Waals surface area contributed by atoms with Crippen LogP contribution in [0.1, 0.15) is 35.7 Å². The number of halogens is 1. The zero-order chi connectivity index (χ0) is 29.1. The van der Waals surface area contributed by atoms with E-state index in [4.69, 9.17) is 21.3 Å². The summed E-state index contributed by atoms with van der Waals surface area (Å²) in [7, 11) is -2.69. The number of esters is 1. The topological polar surface area (TPSA) is 106 Å². The summed E-state index contributed by atoms with van der Waals surface area (Å²) in [6, 6.07) is 20.4. The number of anilines is 1. The molecule has 1 aromatic heterocycles. The minimum absolute atomic E-state index is 0.00180. The lowest BCUT2D eigenvalue weighted by Crippen LogP contribution is -2.41. The molecule has 1 N–H and O–H groups in total. The smallest absolute Gasteiger partial charge is 0.324 e. The Hall–Kier alpha value is -3.57. The standard InChI is InChI=1S/C30H28ClN3O5S2/c1-3-19-6-8-21(9-7-19)27-26(20-10-14-23(31)15-11-20)32-30(40-27)33-28(35)22-12-16-24(17-13-22)41(37,38)34-18-4-5-25(34)29(36)39-2/h6-17,25H,3-5,18H2,1-2H3,(H,32,33,35)/t25-/m0/s1. The Bertz CT molecular complexity index is 1670. The number of ether oxygens (including phenoxy) is 1. The van der Waals surface area contributed by atoms with Gasteiger partial charge in [-0.3, -0.25) is 14.9 Å². The first-order chi connectivity index (χ1) is 19.7. The predicted octanol–water partition coefficient (Wildman–Crippen LogP) is 6.27. The van der Waals surface area contributed by atoms with E-state index in [0.29, 0.717) is 23.0 Å². The van der Waals surface area contributed by atoms with Gasteiger partial charge in [0.25, 0.3) is 5.91 Å². The summed E-state index contributed by atoms with van der Waals surface area (Å²) in [4.78, 5) is 30.9. The summed E-state index contributed by atoms with van der Waals surface area (Å²) >= 11 is 7.45. The van der Waals surface area contributed by atoms with E-state index in [1.807, 2.05) is 24.3 Å². The van der Waals surface area contributed by atoms with Crippen molar-refractivity contribution in [1.82, 2.24) is 9.29 Å². The highest BCUT2D eigenvalue weighted by Gasteiger charge is 2.40. The van der Waals surface area contributed by atoms with Crippen molar-refractivity contribution in [2.24, 2.45) is 0 Å². The van der Waals surface area contributed by atoms with Crippen LogP contribution in [0.25, 0.3) is 21.7 Å². The molecule has 8 nitrogen and oxygen atoms in total. The number of rotatable bonds is 8. The van der Waals surface area contributed by atoms with Crippen molar-refractivity contribution < 1.29 is 22.7 Å². The average molecular weight is 610 g/mol. The molecule has 1 aliphatic heterocycles. The number of benzene rings is 3. The van der Waals surface area contributed by atoms with E-state index in [2.05, 4.69) is 24.4 Å². The molecule has 1 saturated heterocycles. The van der Waals surface area contributed by atoms with E-state index in [-0.39, 0.29) is 17.0 Å². The zero-order valence-corrected chi connectivity index (χ0v) is 24.9. The fourth-order valence-electron chi connectivity index (χ4n) is 4.75. The van der Waals surface area contributed by atoms with Gasteiger partial charge in [-0.15, -0.1) is 0 Å². The number of nitrogens with zero attached hydrogens (tertiary/aromatic N) is 2. The Kier molecular flexibility index (Phi) is 8.55. The summed E-state index contributed by atoms with van der Waals surface area (Å²) in [5, 5.41) is 3.88. The first-order valence-corrected chi connectivity index (χ1v) is 15.7. The maximum absolute atomic E-state index is 13.2. The minimum Gasteiger partial charge on any atom is -0.468 e. The number of thiazole rings is 1. The molecule has 1 amide bonds. The van der Waals surface area contributed by atoms with E-state index < -0.39 is 27.9 Å². The van der Waals surface area contributed by atoms with Gasteiger partial charge in [-0.05, 0) is 66.8 Å². The Labute approximate surface area is 248 Å². The average Bonchev–Trinajstić information content (AvgIpc) is 3.66. The highest BCUT2D eigenvalue weighted by Crippen LogP contribution is 2.39. The number of aryl methyl sites for hydroxylation is 1. The maximum atomic E-state index is 13.2. The van der Waals surface area contributed by atoms with Gasteiger partial charge in [0.1, 0.15) is 6.04 Å². The molecular formula is C30H28ClN3O5S2. The van der Waals surface area contributed by atoms with E-state index >= 15 is 0 Å². The molecule has 1 atom stereocenters. The lowest BCUT2D eigenvalue weighted by Gasteiger charge is -2.22. The highest BCUT2D eigenvalue weighted by atomic mass is 35.5. The van der Waals surface area contributed by atoms with Crippen LogP contribution >= 0.6 is 22.9 Å². The molecule has 1 fully saturated rings. The number of nitrogens with one attached hydrogen (secondary N) is 1. The van der Waals surface area contributed by atoms with Crippen molar-refractivity contribution in [2.75, 3.05) is 19.0 Å². The van der Waals surface area contributed by atoms with Gasteiger partial charge in [0.2, 0.25) is 10.0 Å². The van der Waals surface area contributed by atoms with Crippen molar-refractivity contribution in [3.05, 3.63) is 88.9 Å². The zero-order valence-electron chi connectivity index (χ0n) is 22.5. The van der Waals surface area contributed by atoms with Crippen LogP contribution in [0.3, 0.4) is 0 Å². The second kappa shape index (κ2) is 12.1. The summed E-state index contributed by atoms with van der Waals surface area (Å²) < 4.78 is 32.4. The van der Waals surface area contributed by atoms with Crippen LogP contribution < -0.4 is 5.32 Å². The van der Waals surface area contributed by atoms with Gasteiger partial charge in [-0.1, -0.05) is 66.3 Å². The third kappa shape index (κ3) is 6.06. The second-order valence-corrected chi connectivity index (χ2v) is 12.9. The summed E-state index contributed by atoms with van der Waals surface area (Å²) in [5.74, 6) is -1.00. The fourth-order valence-corrected chi connectivity index (χ4v) is 7.51. The van der Waals surface area contributed by atoms with Gasteiger partial charge in [-0.25, -0.2) is 13.4 Å². The van der Waals surface area contributed by atoms with Crippen LogP contribution in [0, 0.1) is 0 Å². The number of amides is 1. The van der Waals surface area contributed by atoms with Crippen LogP contribution in [0.15, 0.2) is 77.7 Å². The Balaban J connectivity index is 1.39. The third-order valence-corrected chi connectivity index (χ3v) is 10.2. The molecule has 41 heavy (non-hydrogen) atoms. The number of methoxy groups -OCH3 is 1. The summed E-state index contributed by atoms with van der Waals surface area (Å²) in [6.07, 6.45) is 1.90. The van der Waals surface area contributed by atoms with Gasteiger partial charge in [0.05, 0.1) is 22.6 Å². The molecule has 1 aliphatic rings. The van der Waals surface area contributed by atoms with E-state index in [0.717, 1.165) is 32.4 Å². The molecule has 0 spiro atoms. The molecule has 0 aliphatic carbocycles. The van der Waals surface area contributed by atoms with Crippen molar-refractivity contribution in [3.63, 3.8) is 0 Å². The van der Waals surface area contributed by atoms with Gasteiger partial charge in [0, 0.05) is 22.7 Å². The SMILES string of the molecule is CCc1ccc(-c2sc(NC(=O)c3ccc(S(=O)(=O)N4CCC[C@H]4C(=O)OC)cc3)nc2-c2ccc(Cl)cc2)cc1. The van der Waals surface area contributed by atoms with Crippen LogP contribution in [0.2, 0.25) is 5.02 Å². The first kappa shape index (κ1) is 28.9. The molecule has 4 aromatic rings. The molecular weight excluding hydrogens is 582 g/mol. The van der Waals surface area contributed by atoms with E-state index in [1.54, 1.807) is 12.1 Å². The first-order valence-electron chi connectivity index (χ1n) is 13.1. The van der Waals surface area contributed by atoms with Gasteiger partial charge in [-0.2, -0.15) is 4.31 Å². The molecule has 11 heteroatoms. The minimum atomic E-state index is -3.94. The largest absolute Gasteiger partial charge is 0.468 e. The van der Waals surface area contributed by atoms with Crippen LogP contribution in [-0.4, -0.2) is 49.3 Å². The van der Waals surface area contributed by atoms with E-state index in [9.17, 15) is 18.0 Å². The summed E-state index contributed by atoms with van der Waals surface area (Å²) in [5.41, 5.74) is 4.05. The normalized spacial score (nSPS) is 15.5. The molecule has 2 heterocycles. The van der Waals surface area contributed by atoms with Crippen molar-refractivity contribution >= 4 is 50.0 Å². The van der Waals surface area contributed by atoms with Gasteiger partial charge < -0.3 is 4.74 Å². The quantitative estimate of drug-likeness (QED) is 0.236. The molecule has 3 aromatic carbocycles. The number of aromatic nitrogens is 1. The van der Waals surface area contributed by atoms with Crippen molar-refractivity contribution in [2.45, 2.75) is 37.1 Å². The van der Waals surface area contributed by atoms with Crippen LogP contribution in [0.5, 0.6) is 0 Å². The predicted molar refractivity (Wildman–Crippen MR) is 161 cm³/mol. The van der Waals surface area contributed by atoms with Crippen LogP contribution in [0.4, 0.5) is 5.13 Å². The van der Waals surface area contributed by atoms with Crippen molar-refractivity contribution in [3.8, 4) is 21.7 Å². The number of carbonyl (C=O) groups is 2. The van der Waals surface area contributed by atoms with Gasteiger partial charge >= 0.3 is 5.97 Å². The number of hydrogen-bond acceptors (Lipinski definition) is 7. The Morgan fingerprint density at radius 1 is 1.02 bits per heavy atom. The van der Waals surface area contributed by atoms with Crippen LogP contribution in [-0.2, 0) is 26.0 Å². The third-order valence-electron chi connectivity index (χ3n) is 6.99. The summed E-state index contributed by atoms with van der Waals surface area (Å²) in [6.45, 7) is 2.33. The maximum Gasteiger partial charge on any atom is 0.324 e. The molecule has 212 valence electrons. The number of sulfonamides is 1. The molecule has 5 rings (SSSR count). The van der Waals surface area contributed by atoms with Gasteiger partial charge in [0.15, 0.2) is 5.13 Å². The molecule has 0 saturated carbocycles. The monoisotopic (exact) mass is 609 g/mol. The number of hydrogen-bond donors (Lipinski definition) is 1. The Morgan fingerprint density at radius 3 is 2.32 bits per heavy atom. The highest BCUT2D eigenvalue weighted by molar-refractivity contribution is 7.89. The second-order valence-electron chi connectivity index (χ2n) is 9.53.